The molecule has 1 aliphatic rings. The summed E-state index contributed by atoms with van der Waals surface area (Å²) in [6.07, 6.45) is 0. The van der Waals surface area contributed by atoms with Crippen molar-refractivity contribution >= 4 is 96.9 Å². The van der Waals surface area contributed by atoms with Crippen LogP contribution in [0.3, 0.4) is 0 Å². The summed E-state index contributed by atoms with van der Waals surface area (Å²) < 4.78 is 10.2. The van der Waals surface area contributed by atoms with E-state index in [0.717, 1.165) is 22.6 Å². The molecule has 0 aliphatic heterocycles. The van der Waals surface area contributed by atoms with Gasteiger partial charge in [-0.05, 0) is 176 Å². The first-order chi connectivity index (χ1) is 41.9. The van der Waals surface area contributed by atoms with Gasteiger partial charge < -0.3 is 13.7 Å². The maximum atomic E-state index is 2.52. The third kappa shape index (κ3) is 7.19. The van der Waals surface area contributed by atoms with Gasteiger partial charge in [0.2, 0.25) is 0 Å². The van der Waals surface area contributed by atoms with Crippen LogP contribution in [0, 0.1) is 0 Å². The Kier molecular flexibility index (Phi) is 10.3. The first-order valence-corrected chi connectivity index (χ1v) is 30.3. The quantitative estimate of drug-likeness (QED) is 0.151. The Bertz CT molecular complexity index is 5540. The molecule has 0 spiro atoms. The molecule has 17 aromatic rings. The number of aromatic nitrogens is 3. The van der Waals surface area contributed by atoms with Crippen LogP contribution in [-0.2, 0) is 5.41 Å². The molecule has 0 radical (unpaired) electrons. The van der Waals surface area contributed by atoms with E-state index in [2.05, 4.69) is 313 Å². The van der Waals surface area contributed by atoms with Crippen molar-refractivity contribution in [1.29, 1.82) is 0 Å². The fraction of sp³-hybridized carbons (Fsp3) is 0.0370. The highest BCUT2D eigenvalue weighted by Crippen LogP contribution is 2.55. The number of benzene rings is 13. The average molecular weight is 1100 g/mol. The van der Waals surface area contributed by atoms with Gasteiger partial charge in [0.15, 0.2) is 0 Å². The lowest BCUT2D eigenvalue weighted by molar-refractivity contribution is 0.667. The molecule has 18 rings (SSSR count). The Balaban J connectivity index is 0.846. The fourth-order valence-corrected chi connectivity index (χ4v) is 16.0. The highest BCUT2D eigenvalue weighted by atomic mass is 32.1. The predicted molar refractivity (Wildman–Crippen MR) is 362 cm³/mol. The zero-order valence-electron chi connectivity index (χ0n) is 46.9. The standard InChI is InChI=1S/C81H53N3S/c1-81(2)71-37-31-52(44-65(71)63-35-36-64-62-28-16-18-30-78(62)85-80(64)79(63)81)53-32-38-73-66(45-53)67-46-54(33-39-74(67)82(73)58-23-11-5-12-24-58)55-34-40-75-68(47-55)70-49-76-69(61-27-15-17-29-72(61)83(76)59-25-13-6-14-26-59)48-77(70)84(75)60-42-56(50-19-7-3-8-20-50)41-57(43-60)51-21-9-4-10-22-51/h3-49H,1-2H3. The van der Waals surface area contributed by atoms with Crippen molar-refractivity contribution < 1.29 is 0 Å². The Hall–Kier alpha value is -10.5. The van der Waals surface area contributed by atoms with Crippen molar-refractivity contribution in [2.75, 3.05) is 0 Å². The topological polar surface area (TPSA) is 14.8 Å². The van der Waals surface area contributed by atoms with E-state index in [9.17, 15) is 0 Å². The van der Waals surface area contributed by atoms with Gasteiger partial charge in [0.05, 0.1) is 33.1 Å². The predicted octanol–water partition coefficient (Wildman–Crippen LogP) is 22.3. The first-order valence-electron chi connectivity index (χ1n) is 29.5. The number of hydrogen-bond donors (Lipinski definition) is 0. The largest absolute Gasteiger partial charge is 0.309 e. The molecule has 85 heavy (non-hydrogen) atoms. The van der Waals surface area contributed by atoms with Crippen molar-refractivity contribution in [3.05, 3.63) is 296 Å². The van der Waals surface area contributed by atoms with Gasteiger partial charge in [0.25, 0.3) is 0 Å². The van der Waals surface area contributed by atoms with Crippen molar-refractivity contribution in [1.82, 2.24) is 13.7 Å². The zero-order valence-corrected chi connectivity index (χ0v) is 47.7. The van der Waals surface area contributed by atoms with Crippen LogP contribution in [0.5, 0.6) is 0 Å². The van der Waals surface area contributed by atoms with E-state index in [1.54, 1.807) is 0 Å². The van der Waals surface area contributed by atoms with Crippen LogP contribution in [0.15, 0.2) is 285 Å². The van der Waals surface area contributed by atoms with E-state index < -0.39 is 0 Å². The maximum absolute atomic E-state index is 2.52. The van der Waals surface area contributed by atoms with Crippen LogP contribution >= 0.6 is 11.3 Å². The van der Waals surface area contributed by atoms with E-state index in [1.165, 1.54) is 147 Å². The molecular formula is C81H53N3S. The molecule has 0 saturated carbocycles. The van der Waals surface area contributed by atoms with Crippen LogP contribution in [0.4, 0.5) is 0 Å². The Morgan fingerprint density at radius 1 is 0.259 bits per heavy atom. The molecule has 13 aromatic carbocycles. The van der Waals surface area contributed by atoms with Gasteiger partial charge in [0.1, 0.15) is 0 Å². The SMILES string of the molecule is CC1(C)c2ccc(-c3ccc4c(c3)c3cc(-c5ccc6c(c5)c5cc7c(cc5n6-c5cc(-c6ccccc6)cc(-c6ccccc6)c5)c5ccccc5n7-c5ccccc5)ccc3n4-c3ccccc3)cc2-c2ccc3c(sc4ccccc43)c21. The maximum Gasteiger partial charge on any atom is 0.0548 e. The fourth-order valence-electron chi connectivity index (χ4n) is 14.6. The number of thiophene rings is 1. The molecule has 0 N–H and O–H groups in total. The minimum atomic E-state index is -0.126. The molecule has 398 valence electrons. The van der Waals surface area contributed by atoms with Crippen molar-refractivity contribution in [3.63, 3.8) is 0 Å². The lowest BCUT2D eigenvalue weighted by atomic mass is 9.81. The summed E-state index contributed by atoms with van der Waals surface area (Å²) in [6, 6.07) is 106. The van der Waals surface area contributed by atoms with Crippen LogP contribution in [-0.4, -0.2) is 13.7 Å². The monoisotopic (exact) mass is 1100 g/mol. The molecule has 4 heteroatoms. The van der Waals surface area contributed by atoms with E-state index in [0.29, 0.717) is 0 Å². The van der Waals surface area contributed by atoms with Crippen molar-refractivity contribution in [2.24, 2.45) is 0 Å². The van der Waals surface area contributed by atoms with Crippen molar-refractivity contribution in [3.8, 4) is 72.7 Å². The summed E-state index contributed by atoms with van der Waals surface area (Å²) in [4.78, 5) is 0. The van der Waals surface area contributed by atoms with E-state index in [-0.39, 0.29) is 5.41 Å². The average Bonchev–Trinajstić information content (AvgIpc) is 2.08. The van der Waals surface area contributed by atoms with Gasteiger partial charge >= 0.3 is 0 Å². The summed E-state index contributed by atoms with van der Waals surface area (Å²) in [5.74, 6) is 0. The molecule has 3 nitrogen and oxygen atoms in total. The lowest BCUT2D eigenvalue weighted by Crippen LogP contribution is -2.15. The molecule has 0 amide bonds. The third-order valence-electron chi connectivity index (χ3n) is 18.6. The number of fused-ring (bicyclic) bond motifs is 16. The second-order valence-corrected chi connectivity index (χ2v) is 24.7. The van der Waals surface area contributed by atoms with Crippen LogP contribution < -0.4 is 0 Å². The highest BCUT2D eigenvalue weighted by molar-refractivity contribution is 7.26. The van der Waals surface area contributed by atoms with Gasteiger partial charge in [-0.1, -0.05) is 190 Å². The normalized spacial score (nSPS) is 12.9. The molecular weight excluding hydrogens is 1050 g/mol. The molecule has 0 unspecified atom stereocenters. The minimum Gasteiger partial charge on any atom is -0.309 e. The third-order valence-corrected chi connectivity index (χ3v) is 19.8. The number of para-hydroxylation sites is 3. The smallest absolute Gasteiger partial charge is 0.0548 e. The first kappa shape index (κ1) is 48.1. The number of hydrogen-bond acceptors (Lipinski definition) is 1. The summed E-state index contributed by atoms with van der Waals surface area (Å²) in [5, 5.41) is 10.0. The second kappa shape index (κ2) is 18.2. The molecule has 4 heterocycles. The van der Waals surface area contributed by atoms with Gasteiger partial charge in [0, 0.05) is 75.0 Å². The van der Waals surface area contributed by atoms with Crippen molar-refractivity contribution in [2.45, 2.75) is 19.3 Å². The minimum absolute atomic E-state index is 0.126. The van der Waals surface area contributed by atoms with E-state index in [1.807, 2.05) is 11.3 Å². The summed E-state index contributed by atoms with van der Waals surface area (Å²) >= 11 is 1.94. The Morgan fingerprint density at radius 2 is 0.694 bits per heavy atom. The molecule has 0 fully saturated rings. The van der Waals surface area contributed by atoms with Crippen LogP contribution in [0.2, 0.25) is 0 Å². The number of rotatable bonds is 7. The second-order valence-electron chi connectivity index (χ2n) is 23.6. The van der Waals surface area contributed by atoms with E-state index in [4.69, 9.17) is 0 Å². The van der Waals surface area contributed by atoms with Crippen LogP contribution in [0.25, 0.3) is 158 Å². The zero-order chi connectivity index (χ0) is 56.1. The summed E-state index contributed by atoms with van der Waals surface area (Å²) in [6.45, 7) is 4.83. The lowest BCUT2D eigenvalue weighted by Gasteiger charge is -2.22. The molecule has 1 aliphatic carbocycles. The van der Waals surface area contributed by atoms with Gasteiger partial charge in [-0.2, -0.15) is 0 Å². The van der Waals surface area contributed by atoms with E-state index >= 15 is 0 Å². The highest BCUT2D eigenvalue weighted by Gasteiger charge is 2.38. The van der Waals surface area contributed by atoms with Gasteiger partial charge in [-0.25, -0.2) is 0 Å². The molecule has 4 aromatic heterocycles. The molecule has 0 saturated heterocycles. The Labute approximate surface area is 495 Å². The van der Waals surface area contributed by atoms with Crippen LogP contribution in [0.1, 0.15) is 25.0 Å². The van der Waals surface area contributed by atoms with Gasteiger partial charge in [-0.3, -0.25) is 0 Å². The molecule has 0 bridgehead atoms. The molecule has 0 atom stereocenters. The number of nitrogens with zero attached hydrogens (tertiary/aromatic N) is 3. The summed E-state index contributed by atoms with van der Waals surface area (Å²) in [5.41, 5.74) is 25.4. The van der Waals surface area contributed by atoms with Gasteiger partial charge in [-0.15, -0.1) is 11.3 Å². The summed E-state index contributed by atoms with van der Waals surface area (Å²) in [7, 11) is 0. The Morgan fingerprint density at radius 3 is 1.27 bits per heavy atom.